The molecule has 0 unspecified atom stereocenters. The fraction of sp³-hybridized carbons (Fsp3) is 0.385. The molecule has 1 amide bonds. The number of rotatable bonds is 5. The molecule has 0 spiro atoms. The van der Waals surface area contributed by atoms with Crippen LogP contribution in [0.4, 0.5) is 10.5 Å². The summed E-state index contributed by atoms with van der Waals surface area (Å²) in [7, 11) is 0. The van der Waals surface area contributed by atoms with E-state index in [1.54, 1.807) is 24.3 Å². The zero-order valence-electron chi connectivity index (χ0n) is 10.8. The Labute approximate surface area is 116 Å². The zero-order valence-corrected chi connectivity index (χ0v) is 11.6. The van der Waals surface area contributed by atoms with E-state index in [9.17, 15) is 9.59 Å². The van der Waals surface area contributed by atoms with Crippen molar-refractivity contribution in [3.05, 3.63) is 29.3 Å². The van der Waals surface area contributed by atoms with Crippen molar-refractivity contribution in [2.24, 2.45) is 5.92 Å². The van der Waals surface area contributed by atoms with Crippen molar-refractivity contribution in [3.63, 3.8) is 0 Å². The average molecular weight is 286 g/mol. The first kappa shape index (κ1) is 15.3. The zero-order chi connectivity index (χ0) is 14.4. The number of hydrogen-bond acceptors (Lipinski definition) is 3. The van der Waals surface area contributed by atoms with E-state index in [2.05, 4.69) is 0 Å². The van der Waals surface area contributed by atoms with Gasteiger partial charge >= 0.3 is 12.1 Å². The van der Waals surface area contributed by atoms with Gasteiger partial charge in [-0.05, 0) is 30.2 Å². The molecule has 0 aliphatic carbocycles. The largest absolute Gasteiger partial charge is 0.480 e. The summed E-state index contributed by atoms with van der Waals surface area (Å²) in [4.78, 5) is 23.7. The van der Waals surface area contributed by atoms with Gasteiger partial charge in [0, 0.05) is 10.7 Å². The Balaban J connectivity index is 2.84. The second-order valence-electron chi connectivity index (χ2n) is 4.43. The molecule has 0 aliphatic heterocycles. The molecule has 104 valence electrons. The highest BCUT2D eigenvalue weighted by atomic mass is 35.5. The van der Waals surface area contributed by atoms with Gasteiger partial charge in [0.1, 0.15) is 6.54 Å². The number of halogens is 1. The van der Waals surface area contributed by atoms with Crippen LogP contribution in [-0.4, -0.2) is 30.3 Å². The first-order valence-electron chi connectivity index (χ1n) is 5.81. The second-order valence-corrected chi connectivity index (χ2v) is 4.86. The number of carboxylic acid groups (broad SMARTS) is 1. The second kappa shape index (κ2) is 6.99. The number of amides is 1. The van der Waals surface area contributed by atoms with E-state index in [0.29, 0.717) is 10.7 Å². The molecule has 1 N–H and O–H groups in total. The molecule has 0 heterocycles. The SMILES string of the molecule is CC(C)COC(=O)N(CC(=O)O)c1ccc(Cl)cc1. The van der Waals surface area contributed by atoms with Crippen molar-refractivity contribution < 1.29 is 19.4 Å². The van der Waals surface area contributed by atoms with Crippen LogP contribution in [0, 0.1) is 5.92 Å². The quantitative estimate of drug-likeness (QED) is 0.903. The Morgan fingerprint density at radius 1 is 1.32 bits per heavy atom. The van der Waals surface area contributed by atoms with Crippen LogP contribution in [-0.2, 0) is 9.53 Å². The minimum atomic E-state index is -1.11. The molecule has 0 bridgehead atoms. The highest BCUT2D eigenvalue weighted by Crippen LogP contribution is 2.19. The predicted octanol–water partition coefficient (Wildman–Crippen LogP) is 3.02. The Kier molecular flexibility index (Phi) is 5.63. The highest BCUT2D eigenvalue weighted by Gasteiger charge is 2.20. The normalized spacial score (nSPS) is 10.3. The first-order valence-corrected chi connectivity index (χ1v) is 6.19. The molecule has 19 heavy (non-hydrogen) atoms. The van der Waals surface area contributed by atoms with Crippen LogP contribution in [0.5, 0.6) is 0 Å². The first-order chi connectivity index (χ1) is 8.90. The van der Waals surface area contributed by atoms with E-state index in [4.69, 9.17) is 21.4 Å². The average Bonchev–Trinajstić information content (AvgIpc) is 2.34. The van der Waals surface area contributed by atoms with Gasteiger partial charge in [0.2, 0.25) is 0 Å². The molecule has 0 saturated carbocycles. The van der Waals surface area contributed by atoms with Gasteiger partial charge in [-0.15, -0.1) is 0 Å². The summed E-state index contributed by atoms with van der Waals surface area (Å²) in [5, 5.41) is 9.36. The Morgan fingerprint density at radius 3 is 2.37 bits per heavy atom. The lowest BCUT2D eigenvalue weighted by Gasteiger charge is -2.21. The van der Waals surface area contributed by atoms with Crippen LogP contribution in [0.2, 0.25) is 5.02 Å². The van der Waals surface area contributed by atoms with Gasteiger partial charge in [-0.1, -0.05) is 25.4 Å². The lowest BCUT2D eigenvalue weighted by Crippen LogP contribution is -2.36. The van der Waals surface area contributed by atoms with Gasteiger partial charge in [-0.3, -0.25) is 9.69 Å². The monoisotopic (exact) mass is 285 g/mol. The van der Waals surface area contributed by atoms with Crippen molar-refractivity contribution in [2.75, 3.05) is 18.1 Å². The summed E-state index contributed by atoms with van der Waals surface area (Å²) in [6.07, 6.45) is -0.682. The third-order valence-corrected chi connectivity index (χ3v) is 2.44. The third kappa shape index (κ3) is 5.18. The number of carbonyl (C=O) groups is 2. The molecule has 1 aromatic rings. The maximum Gasteiger partial charge on any atom is 0.414 e. The maximum absolute atomic E-state index is 11.9. The number of benzene rings is 1. The van der Waals surface area contributed by atoms with Gasteiger partial charge in [0.05, 0.1) is 6.61 Å². The van der Waals surface area contributed by atoms with Crippen LogP contribution >= 0.6 is 11.6 Å². The van der Waals surface area contributed by atoms with Crippen molar-refractivity contribution in [1.82, 2.24) is 0 Å². The van der Waals surface area contributed by atoms with Crippen molar-refractivity contribution in [3.8, 4) is 0 Å². The highest BCUT2D eigenvalue weighted by molar-refractivity contribution is 6.30. The van der Waals surface area contributed by atoms with Crippen LogP contribution < -0.4 is 4.90 Å². The molecule has 0 fully saturated rings. The van der Waals surface area contributed by atoms with Crippen molar-refractivity contribution in [2.45, 2.75) is 13.8 Å². The van der Waals surface area contributed by atoms with Crippen LogP contribution in [0.15, 0.2) is 24.3 Å². The van der Waals surface area contributed by atoms with E-state index in [0.717, 1.165) is 4.90 Å². The van der Waals surface area contributed by atoms with E-state index in [-0.39, 0.29) is 12.5 Å². The number of hydrogen-bond donors (Lipinski definition) is 1. The summed E-state index contributed by atoms with van der Waals surface area (Å²) < 4.78 is 5.04. The Hall–Kier alpha value is -1.75. The van der Waals surface area contributed by atoms with Gasteiger partial charge in [0.15, 0.2) is 0 Å². The summed E-state index contributed by atoms with van der Waals surface area (Å²) in [6.45, 7) is 3.58. The van der Waals surface area contributed by atoms with Crippen molar-refractivity contribution >= 4 is 29.4 Å². The van der Waals surface area contributed by atoms with Crippen LogP contribution in [0.3, 0.4) is 0 Å². The van der Waals surface area contributed by atoms with Gasteiger partial charge in [0.25, 0.3) is 0 Å². The number of aliphatic carboxylic acids is 1. The number of carboxylic acids is 1. The van der Waals surface area contributed by atoms with E-state index in [1.165, 1.54) is 0 Å². The number of carbonyl (C=O) groups excluding carboxylic acids is 1. The Bertz CT molecular complexity index is 444. The lowest BCUT2D eigenvalue weighted by molar-refractivity contribution is -0.135. The molecule has 0 saturated heterocycles. The summed E-state index contributed by atoms with van der Waals surface area (Å²) in [5.41, 5.74) is 0.431. The predicted molar refractivity (Wildman–Crippen MR) is 72.6 cm³/mol. The molecule has 6 heteroatoms. The van der Waals surface area contributed by atoms with Gasteiger partial charge in [-0.25, -0.2) is 4.79 Å². The van der Waals surface area contributed by atoms with Gasteiger partial charge in [-0.2, -0.15) is 0 Å². The Morgan fingerprint density at radius 2 is 1.89 bits per heavy atom. The van der Waals surface area contributed by atoms with E-state index < -0.39 is 18.6 Å². The summed E-state index contributed by atoms with van der Waals surface area (Å²) in [6, 6.07) is 6.31. The molecular weight excluding hydrogens is 270 g/mol. The topological polar surface area (TPSA) is 66.8 Å². The lowest BCUT2D eigenvalue weighted by atomic mass is 10.2. The summed E-state index contributed by atoms with van der Waals surface area (Å²) in [5.74, 6) is -0.933. The maximum atomic E-state index is 11.9. The minimum absolute atomic E-state index is 0.181. The van der Waals surface area contributed by atoms with Crippen molar-refractivity contribution in [1.29, 1.82) is 0 Å². The van der Waals surface area contributed by atoms with E-state index >= 15 is 0 Å². The molecule has 0 atom stereocenters. The molecule has 1 aromatic carbocycles. The molecule has 0 aromatic heterocycles. The molecular formula is C13H16ClNO4. The van der Waals surface area contributed by atoms with Crippen LogP contribution in [0.1, 0.15) is 13.8 Å². The smallest absolute Gasteiger partial charge is 0.414 e. The fourth-order valence-corrected chi connectivity index (χ4v) is 1.46. The molecule has 0 aliphatic rings. The standard InChI is InChI=1S/C13H16ClNO4/c1-9(2)8-19-13(18)15(7-12(16)17)11-5-3-10(14)4-6-11/h3-6,9H,7-8H2,1-2H3,(H,16,17). The third-order valence-electron chi connectivity index (χ3n) is 2.19. The van der Waals surface area contributed by atoms with Gasteiger partial charge < -0.3 is 9.84 Å². The number of nitrogens with zero attached hydrogens (tertiary/aromatic N) is 1. The number of anilines is 1. The summed E-state index contributed by atoms with van der Waals surface area (Å²) >= 11 is 5.75. The molecule has 1 rings (SSSR count). The van der Waals surface area contributed by atoms with Crippen LogP contribution in [0.25, 0.3) is 0 Å². The molecule has 5 nitrogen and oxygen atoms in total. The van der Waals surface area contributed by atoms with E-state index in [1.807, 2.05) is 13.8 Å². The molecule has 0 radical (unpaired) electrons. The fourth-order valence-electron chi connectivity index (χ4n) is 1.33. The minimum Gasteiger partial charge on any atom is -0.480 e. The number of ether oxygens (including phenoxy) is 1.